The Bertz CT molecular complexity index is 1170. The lowest BCUT2D eigenvalue weighted by molar-refractivity contribution is 0.0707. The summed E-state index contributed by atoms with van der Waals surface area (Å²) in [5.41, 5.74) is 3.39. The van der Waals surface area contributed by atoms with E-state index in [1.165, 1.54) is 5.56 Å². The van der Waals surface area contributed by atoms with Gasteiger partial charge in [0.25, 0.3) is 5.91 Å². The Kier molecular flexibility index (Phi) is 6.19. The molecule has 0 saturated heterocycles. The molecule has 0 aliphatic heterocycles. The Labute approximate surface area is 192 Å². The number of benzene rings is 2. The van der Waals surface area contributed by atoms with Gasteiger partial charge in [0.05, 0.1) is 12.8 Å². The Morgan fingerprint density at radius 3 is 2.34 bits per heavy atom. The van der Waals surface area contributed by atoms with Gasteiger partial charge in [-0.1, -0.05) is 61.8 Å². The van der Waals surface area contributed by atoms with Crippen molar-refractivity contribution in [2.75, 3.05) is 0 Å². The molecule has 2 aromatic carbocycles. The third-order valence-electron chi connectivity index (χ3n) is 5.27. The van der Waals surface area contributed by atoms with Gasteiger partial charge in [0.15, 0.2) is 11.5 Å². The molecule has 0 bridgehead atoms. The molecule has 0 atom stereocenters. The fraction of sp³-hybridized carbons (Fsp3) is 0.231. The van der Waals surface area contributed by atoms with E-state index in [2.05, 4.69) is 50.2 Å². The molecule has 0 N–H and O–H groups in total. The van der Waals surface area contributed by atoms with Crippen LogP contribution in [0.1, 0.15) is 48.1 Å². The smallest absolute Gasteiger partial charge is 0.276 e. The maximum absolute atomic E-state index is 13.3. The number of hydrogen-bond donors (Lipinski definition) is 0. The summed E-state index contributed by atoms with van der Waals surface area (Å²) in [5.74, 6) is 0.980. The van der Waals surface area contributed by atoms with Crippen molar-refractivity contribution < 1.29 is 13.7 Å². The maximum atomic E-state index is 13.3. The van der Waals surface area contributed by atoms with Gasteiger partial charge in [-0.2, -0.15) is 0 Å². The molecule has 5 nitrogen and oxygen atoms in total. The molecule has 0 fully saturated rings. The lowest BCUT2D eigenvalue weighted by Crippen LogP contribution is -2.30. The summed E-state index contributed by atoms with van der Waals surface area (Å²) in [4.78, 5) is 15.0. The normalized spacial score (nSPS) is 11.5. The average molecular weight is 449 g/mol. The van der Waals surface area contributed by atoms with Crippen LogP contribution in [0, 0.1) is 0 Å². The molecule has 1 amide bonds. The molecular formula is C26H25ClN2O3. The zero-order valence-corrected chi connectivity index (χ0v) is 19.1. The molecule has 0 unspecified atom stereocenters. The molecule has 0 spiro atoms. The van der Waals surface area contributed by atoms with E-state index in [0.717, 1.165) is 11.1 Å². The lowest BCUT2D eigenvalue weighted by atomic mass is 9.87. The van der Waals surface area contributed by atoms with E-state index in [9.17, 15) is 4.79 Å². The van der Waals surface area contributed by atoms with Crippen LogP contribution in [-0.2, 0) is 18.5 Å². The van der Waals surface area contributed by atoms with Gasteiger partial charge < -0.3 is 13.8 Å². The van der Waals surface area contributed by atoms with Crippen molar-refractivity contribution in [3.05, 3.63) is 101 Å². The Morgan fingerprint density at radius 1 is 1.00 bits per heavy atom. The molecule has 2 aromatic heterocycles. The number of halogens is 1. The second kappa shape index (κ2) is 9.05. The molecule has 6 heteroatoms. The summed E-state index contributed by atoms with van der Waals surface area (Å²) < 4.78 is 10.9. The topological polar surface area (TPSA) is 59.5 Å². The number of nitrogens with zero attached hydrogens (tertiary/aromatic N) is 2. The minimum atomic E-state index is -0.231. The van der Waals surface area contributed by atoms with Crippen LogP contribution in [0.5, 0.6) is 0 Å². The fourth-order valence-electron chi connectivity index (χ4n) is 3.41. The first-order chi connectivity index (χ1) is 15.3. The molecular weight excluding hydrogens is 424 g/mol. The van der Waals surface area contributed by atoms with Crippen molar-refractivity contribution in [1.29, 1.82) is 0 Å². The summed E-state index contributed by atoms with van der Waals surface area (Å²) in [7, 11) is 0. The lowest BCUT2D eigenvalue weighted by Gasteiger charge is -2.22. The number of carbonyl (C=O) groups is 1. The van der Waals surface area contributed by atoms with Gasteiger partial charge in [0.1, 0.15) is 5.76 Å². The highest BCUT2D eigenvalue weighted by Gasteiger charge is 2.22. The van der Waals surface area contributed by atoms with E-state index < -0.39 is 0 Å². The van der Waals surface area contributed by atoms with Crippen molar-refractivity contribution in [3.63, 3.8) is 0 Å². The zero-order chi connectivity index (χ0) is 22.7. The Balaban J connectivity index is 1.57. The minimum absolute atomic E-state index is 0.0704. The van der Waals surface area contributed by atoms with E-state index in [4.69, 9.17) is 20.5 Å². The average Bonchev–Trinajstić information content (AvgIpc) is 3.45. The van der Waals surface area contributed by atoms with Gasteiger partial charge in [-0.25, -0.2) is 0 Å². The van der Waals surface area contributed by atoms with Crippen LogP contribution < -0.4 is 0 Å². The van der Waals surface area contributed by atoms with Crippen LogP contribution in [0.4, 0.5) is 0 Å². The first-order valence-electron chi connectivity index (χ1n) is 10.4. The molecule has 0 aliphatic rings. The van der Waals surface area contributed by atoms with Crippen molar-refractivity contribution in [2.45, 2.75) is 39.3 Å². The van der Waals surface area contributed by atoms with E-state index in [1.807, 2.05) is 24.3 Å². The van der Waals surface area contributed by atoms with Crippen molar-refractivity contribution in [1.82, 2.24) is 10.1 Å². The predicted molar refractivity (Wildman–Crippen MR) is 124 cm³/mol. The minimum Gasteiger partial charge on any atom is -0.467 e. The molecule has 4 rings (SSSR count). The van der Waals surface area contributed by atoms with E-state index in [-0.39, 0.29) is 17.0 Å². The van der Waals surface area contributed by atoms with Crippen LogP contribution in [0.25, 0.3) is 11.3 Å². The molecule has 4 aromatic rings. The van der Waals surface area contributed by atoms with Crippen LogP contribution in [0.2, 0.25) is 5.02 Å². The number of rotatable bonds is 6. The predicted octanol–water partition coefficient (Wildman–Crippen LogP) is 6.73. The largest absolute Gasteiger partial charge is 0.467 e. The zero-order valence-electron chi connectivity index (χ0n) is 18.3. The first-order valence-corrected chi connectivity index (χ1v) is 10.8. The second-order valence-electron chi connectivity index (χ2n) is 8.77. The Morgan fingerprint density at radius 2 is 1.72 bits per heavy atom. The highest BCUT2D eigenvalue weighted by Crippen LogP contribution is 2.25. The first kappa shape index (κ1) is 21.9. The van der Waals surface area contributed by atoms with Crippen LogP contribution in [0.3, 0.4) is 0 Å². The second-order valence-corrected chi connectivity index (χ2v) is 9.21. The van der Waals surface area contributed by atoms with E-state index in [1.54, 1.807) is 29.4 Å². The number of furan rings is 1. The number of hydrogen-bond acceptors (Lipinski definition) is 4. The number of carbonyl (C=O) groups excluding carboxylic acids is 1. The van der Waals surface area contributed by atoms with Crippen molar-refractivity contribution in [2.24, 2.45) is 0 Å². The van der Waals surface area contributed by atoms with Gasteiger partial charge in [0.2, 0.25) is 0 Å². The monoisotopic (exact) mass is 448 g/mol. The molecule has 2 heterocycles. The van der Waals surface area contributed by atoms with Crippen LogP contribution in [-0.4, -0.2) is 16.0 Å². The van der Waals surface area contributed by atoms with Crippen molar-refractivity contribution >= 4 is 17.5 Å². The quantitative estimate of drug-likeness (QED) is 0.328. The molecule has 0 radical (unpaired) electrons. The summed E-state index contributed by atoms with van der Waals surface area (Å²) in [6.45, 7) is 7.29. The maximum Gasteiger partial charge on any atom is 0.276 e. The van der Waals surface area contributed by atoms with E-state index in [0.29, 0.717) is 29.6 Å². The third-order valence-corrected chi connectivity index (χ3v) is 5.52. The molecule has 0 aliphatic carbocycles. The summed E-state index contributed by atoms with van der Waals surface area (Å²) in [6, 6.07) is 20.9. The summed E-state index contributed by atoms with van der Waals surface area (Å²) >= 11 is 5.96. The molecule has 0 saturated carbocycles. The Hall–Kier alpha value is -3.31. The number of aromatic nitrogens is 1. The standard InChI is InChI=1S/C26H25ClN2O3/c1-26(2,3)20-10-6-18(7-11-20)16-29(17-22-5-4-14-31-22)25(30)23-15-24(32-28-23)19-8-12-21(27)13-9-19/h4-15H,16-17H2,1-3H3. The molecule has 32 heavy (non-hydrogen) atoms. The highest BCUT2D eigenvalue weighted by atomic mass is 35.5. The number of amides is 1. The van der Waals surface area contributed by atoms with E-state index >= 15 is 0 Å². The van der Waals surface area contributed by atoms with Gasteiger partial charge in [0, 0.05) is 23.2 Å². The molecule has 164 valence electrons. The van der Waals surface area contributed by atoms with Gasteiger partial charge in [-0.3, -0.25) is 4.79 Å². The van der Waals surface area contributed by atoms with Gasteiger partial charge >= 0.3 is 0 Å². The summed E-state index contributed by atoms with van der Waals surface area (Å²) in [5, 5.41) is 4.65. The SMILES string of the molecule is CC(C)(C)c1ccc(CN(Cc2ccco2)C(=O)c2cc(-c3ccc(Cl)cc3)on2)cc1. The summed E-state index contributed by atoms with van der Waals surface area (Å²) in [6.07, 6.45) is 1.60. The highest BCUT2D eigenvalue weighted by molar-refractivity contribution is 6.30. The van der Waals surface area contributed by atoms with Gasteiger partial charge in [-0.05, 0) is 52.9 Å². The fourth-order valence-corrected chi connectivity index (χ4v) is 3.53. The van der Waals surface area contributed by atoms with Crippen LogP contribution >= 0.6 is 11.6 Å². The third kappa shape index (κ3) is 5.11. The van der Waals surface area contributed by atoms with Crippen LogP contribution in [0.15, 0.2) is 81.9 Å². The van der Waals surface area contributed by atoms with Gasteiger partial charge in [-0.15, -0.1) is 0 Å². The van der Waals surface area contributed by atoms with Crippen molar-refractivity contribution in [3.8, 4) is 11.3 Å².